The minimum atomic E-state index is -1.36. The lowest BCUT2D eigenvalue weighted by Crippen LogP contribution is -2.48. The third-order valence-corrected chi connectivity index (χ3v) is 5.26. The van der Waals surface area contributed by atoms with Gasteiger partial charge in [-0.15, -0.1) is 0 Å². The predicted molar refractivity (Wildman–Crippen MR) is 115 cm³/mol. The molecule has 2 amide bonds. The molecule has 0 bridgehead atoms. The van der Waals surface area contributed by atoms with E-state index >= 15 is 0 Å². The van der Waals surface area contributed by atoms with E-state index in [4.69, 9.17) is 19.4 Å². The summed E-state index contributed by atoms with van der Waals surface area (Å²) < 4.78 is 10.2. The quantitative estimate of drug-likeness (QED) is 0.483. The topological polar surface area (TPSA) is 123 Å². The minimum absolute atomic E-state index is 0.101. The number of hydrogen-bond acceptors (Lipinski definition) is 6. The number of alkyl carbamates (subject to hydrolysis) is 1. The normalized spacial score (nSPS) is 14.1. The first-order valence-electron chi connectivity index (χ1n) is 10.2. The number of carboxylic acid groups (broad SMARTS) is 1. The summed E-state index contributed by atoms with van der Waals surface area (Å²) in [5.41, 5.74) is 6.45. The van der Waals surface area contributed by atoms with Gasteiger partial charge in [-0.2, -0.15) is 0 Å². The number of aliphatic carboxylic acids is 1. The number of carbonyl (C=O) groups is 3. The molecule has 0 fully saturated rings. The van der Waals surface area contributed by atoms with Gasteiger partial charge in [0, 0.05) is 13.0 Å². The van der Waals surface area contributed by atoms with Crippen molar-refractivity contribution in [1.82, 2.24) is 10.8 Å². The van der Waals surface area contributed by atoms with Gasteiger partial charge in [-0.25, -0.2) is 15.1 Å². The van der Waals surface area contributed by atoms with Crippen molar-refractivity contribution in [2.75, 3.05) is 20.3 Å². The summed E-state index contributed by atoms with van der Waals surface area (Å²) in [5, 5.41) is 11.5. The zero-order chi connectivity index (χ0) is 23.1. The van der Waals surface area contributed by atoms with E-state index in [-0.39, 0.29) is 25.6 Å². The Kier molecular flexibility index (Phi) is 7.80. The Morgan fingerprint density at radius 1 is 1.03 bits per heavy atom. The fraction of sp³-hybridized carbons (Fsp3) is 0.348. The average molecular weight is 442 g/mol. The Bertz CT molecular complexity index is 933. The SMILES string of the molecule is CCC(NC(=O)OCC1c2ccccc2-c2ccccc21)C(=O)NOC(COC)C(=O)O. The second kappa shape index (κ2) is 10.7. The first-order valence-corrected chi connectivity index (χ1v) is 10.2. The maximum Gasteiger partial charge on any atom is 0.407 e. The number of nitrogens with one attached hydrogen (secondary N) is 2. The molecule has 3 rings (SSSR count). The third-order valence-electron chi connectivity index (χ3n) is 5.26. The molecule has 2 aromatic carbocycles. The van der Waals surface area contributed by atoms with Crippen LogP contribution in [0.15, 0.2) is 48.5 Å². The molecule has 2 atom stereocenters. The summed E-state index contributed by atoms with van der Waals surface area (Å²) in [6.07, 6.45) is -1.86. The van der Waals surface area contributed by atoms with E-state index in [1.54, 1.807) is 6.92 Å². The van der Waals surface area contributed by atoms with Crippen molar-refractivity contribution >= 4 is 18.0 Å². The Morgan fingerprint density at radius 2 is 1.62 bits per heavy atom. The second-order valence-corrected chi connectivity index (χ2v) is 7.30. The van der Waals surface area contributed by atoms with E-state index in [2.05, 4.69) is 10.8 Å². The van der Waals surface area contributed by atoms with Gasteiger partial charge in [0.25, 0.3) is 5.91 Å². The number of rotatable bonds is 10. The summed E-state index contributed by atoms with van der Waals surface area (Å²) in [6, 6.07) is 15.0. The first kappa shape index (κ1) is 23.2. The van der Waals surface area contributed by atoms with Crippen molar-refractivity contribution in [3.63, 3.8) is 0 Å². The molecule has 170 valence electrons. The fourth-order valence-electron chi connectivity index (χ4n) is 3.64. The van der Waals surface area contributed by atoms with Crippen molar-refractivity contribution in [2.45, 2.75) is 31.4 Å². The molecule has 9 nitrogen and oxygen atoms in total. The molecule has 3 N–H and O–H groups in total. The number of amides is 2. The summed E-state index contributed by atoms with van der Waals surface area (Å²) in [4.78, 5) is 40.6. The lowest BCUT2D eigenvalue weighted by molar-refractivity contribution is -0.165. The van der Waals surface area contributed by atoms with Gasteiger partial charge in [0.05, 0.1) is 6.61 Å². The molecule has 0 heterocycles. The molecule has 0 aliphatic heterocycles. The van der Waals surface area contributed by atoms with Crippen LogP contribution in [0.4, 0.5) is 4.79 Å². The van der Waals surface area contributed by atoms with Crippen LogP contribution in [-0.4, -0.2) is 55.5 Å². The maximum absolute atomic E-state index is 12.4. The molecule has 0 saturated heterocycles. The van der Waals surface area contributed by atoms with Crippen LogP contribution < -0.4 is 10.8 Å². The molecule has 0 aromatic heterocycles. The van der Waals surface area contributed by atoms with Crippen LogP contribution in [0.25, 0.3) is 11.1 Å². The van der Waals surface area contributed by atoms with Crippen LogP contribution in [0, 0.1) is 0 Å². The van der Waals surface area contributed by atoms with Crippen LogP contribution in [-0.2, 0) is 23.9 Å². The summed E-state index contributed by atoms with van der Waals surface area (Å²) in [7, 11) is 1.31. The minimum Gasteiger partial charge on any atom is -0.479 e. The van der Waals surface area contributed by atoms with Crippen molar-refractivity contribution in [3.05, 3.63) is 59.7 Å². The molecule has 0 saturated carbocycles. The zero-order valence-corrected chi connectivity index (χ0v) is 17.9. The molecule has 9 heteroatoms. The number of hydroxylamine groups is 1. The van der Waals surface area contributed by atoms with Crippen LogP contribution in [0.5, 0.6) is 0 Å². The number of benzene rings is 2. The molecule has 0 radical (unpaired) electrons. The van der Waals surface area contributed by atoms with Crippen molar-refractivity contribution in [1.29, 1.82) is 0 Å². The highest BCUT2D eigenvalue weighted by Gasteiger charge is 2.30. The lowest BCUT2D eigenvalue weighted by Gasteiger charge is -2.19. The third kappa shape index (κ3) is 5.24. The highest BCUT2D eigenvalue weighted by atomic mass is 16.7. The van der Waals surface area contributed by atoms with Crippen molar-refractivity contribution < 1.29 is 33.8 Å². The van der Waals surface area contributed by atoms with Gasteiger partial charge in [0.1, 0.15) is 12.6 Å². The summed E-state index contributed by atoms with van der Waals surface area (Å²) >= 11 is 0. The molecule has 1 aliphatic rings. The summed E-state index contributed by atoms with van der Waals surface area (Å²) in [6.45, 7) is 1.56. The van der Waals surface area contributed by atoms with Crippen molar-refractivity contribution in [2.24, 2.45) is 0 Å². The molecular formula is C23H26N2O7. The van der Waals surface area contributed by atoms with Gasteiger partial charge in [0.2, 0.25) is 6.10 Å². The average Bonchev–Trinajstić information content (AvgIpc) is 3.12. The van der Waals surface area contributed by atoms with E-state index in [9.17, 15) is 14.4 Å². The maximum atomic E-state index is 12.4. The van der Waals surface area contributed by atoms with Gasteiger partial charge >= 0.3 is 12.1 Å². The van der Waals surface area contributed by atoms with Gasteiger partial charge < -0.3 is 19.9 Å². The standard InChI is InChI=1S/C23H26N2O7/c1-3-19(21(26)25-32-20(13-30-2)22(27)28)24-23(29)31-12-18-16-10-6-4-8-14(16)15-9-5-7-11-17(15)18/h4-11,18-20H,3,12-13H2,1-2H3,(H,24,29)(H,25,26)(H,27,28). The number of carboxylic acids is 1. The Hall–Kier alpha value is -3.43. The Labute approximate surface area is 185 Å². The molecule has 1 aliphatic carbocycles. The second-order valence-electron chi connectivity index (χ2n) is 7.30. The zero-order valence-electron chi connectivity index (χ0n) is 17.9. The fourth-order valence-corrected chi connectivity index (χ4v) is 3.64. The van der Waals surface area contributed by atoms with E-state index < -0.39 is 30.1 Å². The number of carbonyl (C=O) groups excluding carboxylic acids is 2. The molecular weight excluding hydrogens is 416 g/mol. The van der Waals surface area contributed by atoms with E-state index in [1.807, 2.05) is 48.5 Å². The van der Waals surface area contributed by atoms with Gasteiger partial charge in [-0.05, 0) is 28.7 Å². The van der Waals surface area contributed by atoms with Crippen LogP contribution in [0.3, 0.4) is 0 Å². The smallest absolute Gasteiger partial charge is 0.407 e. The van der Waals surface area contributed by atoms with Crippen LogP contribution in [0.2, 0.25) is 0 Å². The molecule has 32 heavy (non-hydrogen) atoms. The highest BCUT2D eigenvalue weighted by Crippen LogP contribution is 2.44. The van der Waals surface area contributed by atoms with E-state index in [0.29, 0.717) is 0 Å². The van der Waals surface area contributed by atoms with E-state index in [1.165, 1.54) is 7.11 Å². The van der Waals surface area contributed by atoms with Gasteiger partial charge in [-0.3, -0.25) is 9.63 Å². The van der Waals surface area contributed by atoms with Crippen LogP contribution >= 0.6 is 0 Å². The first-order chi connectivity index (χ1) is 15.5. The van der Waals surface area contributed by atoms with Gasteiger partial charge in [0.15, 0.2) is 0 Å². The van der Waals surface area contributed by atoms with Crippen LogP contribution in [0.1, 0.15) is 30.4 Å². The molecule has 2 aromatic rings. The molecule has 2 unspecified atom stereocenters. The Morgan fingerprint density at radius 3 is 2.16 bits per heavy atom. The number of methoxy groups -OCH3 is 1. The highest BCUT2D eigenvalue weighted by molar-refractivity contribution is 5.85. The van der Waals surface area contributed by atoms with Gasteiger partial charge in [-0.1, -0.05) is 55.5 Å². The largest absolute Gasteiger partial charge is 0.479 e. The number of hydrogen-bond donors (Lipinski definition) is 3. The predicted octanol–water partition coefficient (Wildman–Crippen LogP) is 2.45. The number of ether oxygens (including phenoxy) is 2. The lowest BCUT2D eigenvalue weighted by atomic mass is 9.98. The number of fused-ring (bicyclic) bond motifs is 3. The Balaban J connectivity index is 1.57. The molecule has 0 spiro atoms. The van der Waals surface area contributed by atoms with Crippen molar-refractivity contribution in [3.8, 4) is 11.1 Å². The summed E-state index contributed by atoms with van der Waals surface area (Å²) in [5.74, 6) is -2.08. The van der Waals surface area contributed by atoms with E-state index in [0.717, 1.165) is 22.3 Å². The monoisotopic (exact) mass is 442 g/mol.